The van der Waals surface area contributed by atoms with Gasteiger partial charge in [0, 0.05) is 37.9 Å². The second-order valence-corrected chi connectivity index (χ2v) is 6.26. The lowest BCUT2D eigenvalue weighted by Crippen LogP contribution is -2.32. The molecule has 0 bridgehead atoms. The van der Waals surface area contributed by atoms with Crippen LogP contribution in [-0.4, -0.2) is 43.2 Å². The highest BCUT2D eigenvalue weighted by Crippen LogP contribution is 2.26. The minimum absolute atomic E-state index is 0.139. The van der Waals surface area contributed by atoms with E-state index in [0.717, 1.165) is 42.4 Å². The molecule has 6 heteroatoms. The van der Waals surface area contributed by atoms with E-state index in [0.29, 0.717) is 12.5 Å². The number of amides is 1. The molecule has 1 amide bonds. The molecule has 6 nitrogen and oxygen atoms in total. The summed E-state index contributed by atoms with van der Waals surface area (Å²) >= 11 is 0. The monoisotopic (exact) mass is 301 g/mol. The third-order valence-corrected chi connectivity index (χ3v) is 4.33. The highest BCUT2D eigenvalue weighted by atomic mass is 16.2. The van der Waals surface area contributed by atoms with E-state index in [1.165, 1.54) is 0 Å². The predicted molar refractivity (Wildman–Crippen MR) is 83.6 cm³/mol. The largest absolute Gasteiger partial charge is 0.340 e. The van der Waals surface area contributed by atoms with Gasteiger partial charge in [-0.2, -0.15) is 5.10 Å². The first-order valence-corrected chi connectivity index (χ1v) is 7.72. The van der Waals surface area contributed by atoms with Crippen LogP contribution in [0.2, 0.25) is 0 Å². The summed E-state index contributed by atoms with van der Waals surface area (Å²) in [6.07, 6.45) is 3.02. The zero-order valence-corrected chi connectivity index (χ0v) is 13.7. The van der Waals surface area contributed by atoms with Crippen molar-refractivity contribution in [1.82, 2.24) is 24.2 Å². The highest BCUT2D eigenvalue weighted by molar-refractivity contribution is 5.76. The Balaban J connectivity index is 1.66. The Labute approximate surface area is 130 Å². The van der Waals surface area contributed by atoms with E-state index in [4.69, 9.17) is 0 Å². The van der Waals surface area contributed by atoms with E-state index in [1.54, 1.807) is 4.68 Å². The number of rotatable bonds is 3. The van der Waals surface area contributed by atoms with Crippen molar-refractivity contribution in [2.24, 2.45) is 7.05 Å². The minimum atomic E-state index is 0.139. The molecule has 3 heterocycles. The quantitative estimate of drug-likeness (QED) is 0.864. The van der Waals surface area contributed by atoms with Gasteiger partial charge in [-0.1, -0.05) is 0 Å². The molecular formula is C16H23N5O. The lowest BCUT2D eigenvalue weighted by molar-refractivity contribution is -0.131. The van der Waals surface area contributed by atoms with Crippen LogP contribution >= 0.6 is 0 Å². The standard InChI is InChI=1S/C16H23N5O/c1-11-7-13(3)21(18-11)10-15(22)20-6-5-14(9-20)16-17-12(2)8-19(16)4/h7-8,14H,5-6,9-10H2,1-4H3/t14-/m1/s1. The Morgan fingerprint density at radius 2 is 2.09 bits per heavy atom. The predicted octanol–water partition coefficient (Wildman–Crippen LogP) is 1.56. The van der Waals surface area contributed by atoms with Crippen LogP contribution in [0.3, 0.4) is 0 Å². The fourth-order valence-electron chi connectivity index (χ4n) is 3.27. The number of carbonyl (C=O) groups excluding carboxylic acids is 1. The molecule has 1 aliphatic heterocycles. The number of carbonyl (C=O) groups is 1. The van der Waals surface area contributed by atoms with E-state index >= 15 is 0 Å². The van der Waals surface area contributed by atoms with Gasteiger partial charge in [0.25, 0.3) is 0 Å². The van der Waals surface area contributed by atoms with Gasteiger partial charge >= 0.3 is 0 Å². The second kappa shape index (κ2) is 5.59. The van der Waals surface area contributed by atoms with Crippen LogP contribution < -0.4 is 0 Å². The van der Waals surface area contributed by atoms with Crippen LogP contribution in [0.15, 0.2) is 12.3 Å². The SMILES string of the molecule is Cc1cn(C)c([C@@H]2CCN(C(=O)Cn3nc(C)cc3C)C2)n1. The maximum atomic E-state index is 12.5. The van der Waals surface area contributed by atoms with Gasteiger partial charge in [-0.15, -0.1) is 0 Å². The summed E-state index contributed by atoms with van der Waals surface area (Å²) in [6.45, 7) is 7.81. The summed E-state index contributed by atoms with van der Waals surface area (Å²) < 4.78 is 3.87. The third kappa shape index (κ3) is 2.77. The molecule has 0 spiro atoms. The fraction of sp³-hybridized carbons (Fsp3) is 0.562. The van der Waals surface area contributed by atoms with Gasteiger partial charge in [-0.05, 0) is 33.3 Å². The van der Waals surface area contributed by atoms with Crippen molar-refractivity contribution >= 4 is 5.91 Å². The second-order valence-electron chi connectivity index (χ2n) is 6.26. The Kier molecular flexibility index (Phi) is 3.76. The average molecular weight is 301 g/mol. The molecule has 3 rings (SSSR count). The number of hydrogen-bond acceptors (Lipinski definition) is 3. The van der Waals surface area contributed by atoms with Crippen LogP contribution in [0.1, 0.15) is 35.2 Å². The average Bonchev–Trinajstić information content (AvgIpc) is 3.10. The molecule has 1 fully saturated rings. The maximum absolute atomic E-state index is 12.5. The van der Waals surface area contributed by atoms with Gasteiger partial charge < -0.3 is 9.47 Å². The smallest absolute Gasteiger partial charge is 0.244 e. The van der Waals surface area contributed by atoms with Crippen molar-refractivity contribution in [3.05, 3.63) is 35.2 Å². The number of aryl methyl sites for hydroxylation is 4. The number of imidazole rings is 1. The van der Waals surface area contributed by atoms with Gasteiger partial charge in [0.1, 0.15) is 12.4 Å². The van der Waals surface area contributed by atoms with E-state index in [9.17, 15) is 4.79 Å². The van der Waals surface area contributed by atoms with Crippen LogP contribution in [-0.2, 0) is 18.4 Å². The molecular weight excluding hydrogens is 278 g/mol. The molecule has 1 saturated heterocycles. The van der Waals surface area contributed by atoms with Gasteiger partial charge in [0.05, 0.1) is 11.4 Å². The molecule has 0 aromatic carbocycles. The van der Waals surface area contributed by atoms with Gasteiger partial charge in [0.15, 0.2) is 0 Å². The summed E-state index contributed by atoms with van der Waals surface area (Å²) in [7, 11) is 2.02. The van der Waals surface area contributed by atoms with Gasteiger partial charge in [-0.3, -0.25) is 9.48 Å². The lowest BCUT2D eigenvalue weighted by Gasteiger charge is -2.17. The van der Waals surface area contributed by atoms with Crippen molar-refractivity contribution in [1.29, 1.82) is 0 Å². The number of nitrogens with zero attached hydrogens (tertiary/aromatic N) is 5. The summed E-state index contributed by atoms with van der Waals surface area (Å²) in [6, 6.07) is 2.00. The molecule has 0 N–H and O–H groups in total. The van der Waals surface area contributed by atoms with Gasteiger partial charge in [-0.25, -0.2) is 4.98 Å². The Morgan fingerprint density at radius 3 is 2.68 bits per heavy atom. The van der Waals surface area contributed by atoms with Gasteiger partial charge in [0.2, 0.25) is 5.91 Å². The Morgan fingerprint density at radius 1 is 1.32 bits per heavy atom. The summed E-state index contributed by atoms with van der Waals surface area (Å²) in [5.41, 5.74) is 3.01. The van der Waals surface area contributed by atoms with Crippen molar-refractivity contribution < 1.29 is 4.79 Å². The molecule has 22 heavy (non-hydrogen) atoms. The van der Waals surface area contributed by atoms with E-state index in [-0.39, 0.29) is 5.91 Å². The molecule has 2 aromatic rings. The molecule has 1 aliphatic rings. The number of aromatic nitrogens is 4. The Hall–Kier alpha value is -2.11. The number of likely N-dealkylation sites (tertiary alicyclic amines) is 1. The number of hydrogen-bond donors (Lipinski definition) is 0. The molecule has 0 saturated carbocycles. The minimum Gasteiger partial charge on any atom is -0.340 e. The van der Waals surface area contributed by atoms with Crippen molar-refractivity contribution in [3.63, 3.8) is 0 Å². The van der Waals surface area contributed by atoms with E-state index in [1.807, 2.05) is 45.0 Å². The van der Waals surface area contributed by atoms with Crippen molar-refractivity contribution in [2.45, 2.75) is 39.7 Å². The van der Waals surface area contributed by atoms with Crippen molar-refractivity contribution in [2.75, 3.05) is 13.1 Å². The fourth-order valence-corrected chi connectivity index (χ4v) is 3.27. The van der Waals surface area contributed by atoms with E-state index < -0.39 is 0 Å². The molecule has 0 radical (unpaired) electrons. The summed E-state index contributed by atoms with van der Waals surface area (Å²) in [5, 5.41) is 4.37. The van der Waals surface area contributed by atoms with Crippen molar-refractivity contribution in [3.8, 4) is 0 Å². The lowest BCUT2D eigenvalue weighted by atomic mass is 10.1. The zero-order valence-electron chi connectivity index (χ0n) is 13.7. The van der Waals surface area contributed by atoms with E-state index in [2.05, 4.69) is 14.6 Å². The zero-order chi connectivity index (χ0) is 15.9. The maximum Gasteiger partial charge on any atom is 0.244 e. The normalized spacial score (nSPS) is 18.2. The third-order valence-electron chi connectivity index (χ3n) is 4.33. The topological polar surface area (TPSA) is 56.0 Å². The highest BCUT2D eigenvalue weighted by Gasteiger charge is 2.30. The van der Waals surface area contributed by atoms with Crippen LogP contribution in [0, 0.1) is 20.8 Å². The molecule has 0 aliphatic carbocycles. The molecule has 0 unspecified atom stereocenters. The summed E-state index contributed by atoms with van der Waals surface area (Å²) in [5.74, 6) is 1.56. The first-order chi connectivity index (χ1) is 10.4. The Bertz CT molecular complexity index is 699. The molecule has 118 valence electrons. The molecule has 2 aromatic heterocycles. The van der Waals surface area contributed by atoms with Crippen LogP contribution in [0.4, 0.5) is 0 Å². The first kappa shape index (κ1) is 14.8. The first-order valence-electron chi connectivity index (χ1n) is 7.72. The molecule has 1 atom stereocenters. The summed E-state index contributed by atoms with van der Waals surface area (Å²) in [4.78, 5) is 19.0. The van der Waals surface area contributed by atoms with Crippen LogP contribution in [0.25, 0.3) is 0 Å². The van der Waals surface area contributed by atoms with Crippen LogP contribution in [0.5, 0.6) is 0 Å².